The van der Waals surface area contributed by atoms with Crippen LogP contribution >= 0.6 is 11.6 Å². The highest BCUT2D eigenvalue weighted by Gasteiger charge is 2.15. The summed E-state index contributed by atoms with van der Waals surface area (Å²) in [5, 5.41) is 0.669. The van der Waals surface area contributed by atoms with Crippen LogP contribution in [0.25, 0.3) is 0 Å². The molecular weight excluding hydrogens is 238 g/mol. The summed E-state index contributed by atoms with van der Waals surface area (Å²) in [6, 6.07) is 5.61. The van der Waals surface area contributed by atoms with Crippen molar-refractivity contribution in [3.05, 3.63) is 28.8 Å². The van der Waals surface area contributed by atoms with Gasteiger partial charge in [-0.2, -0.15) is 0 Å². The number of halogens is 1. The number of rotatable bonds is 5. The Balaban J connectivity index is 1.87. The zero-order valence-corrected chi connectivity index (χ0v) is 10.6. The van der Waals surface area contributed by atoms with Crippen LogP contribution in [0.3, 0.4) is 0 Å². The Morgan fingerprint density at radius 1 is 1.47 bits per heavy atom. The first kappa shape index (κ1) is 12.7. The predicted molar refractivity (Wildman–Crippen MR) is 68.4 cm³/mol. The van der Waals surface area contributed by atoms with E-state index in [2.05, 4.69) is 0 Å². The minimum Gasteiger partial charge on any atom is -0.493 e. The minimum atomic E-state index is 0.357. The Bertz CT molecular complexity index is 364. The van der Waals surface area contributed by atoms with Gasteiger partial charge in [-0.25, -0.2) is 0 Å². The van der Waals surface area contributed by atoms with Gasteiger partial charge in [0.15, 0.2) is 0 Å². The van der Waals surface area contributed by atoms with Crippen molar-refractivity contribution < 1.29 is 9.47 Å². The summed E-state index contributed by atoms with van der Waals surface area (Å²) in [5.41, 5.74) is 6.53. The first-order chi connectivity index (χ1) is 8.31. The topological polar surface area (TPSA) is 44.5 Å². The second-order valence-electron chi connectivity index (χ2n) is 4.19. The minimum absolute atomic E-state index is 0.357. The summed E-state index contributed by atoms with van der Waals surface area (Å²) in [7, 11) is 0. The molecule has 94 valence electrons. The smallest absolute Gasteiger partial charge is 0.125 e. The lowest BCUT2D eigenvalue weighted by Crippen LogP contribution is -2.12. The van der Waals surface area contributed by atoms with Gasteiger partial charge < -0.3 is 15.2 Å². The van der Waals surface area contributed by atoms with Gasteiger partial charge in [0.25, 0.3) is 0 Å². The second kappa shape index (κ2) is 6.24. The van der Waals surface area contributed by atoms with E-state index in [0.717, 1.165) is 37.2 Å². The van der Waals surface area contributed by atoms with E-state index in [9.17, 15) is 0 Å². The first-order valence-electron chi connectivity index (χ1n) is 6.03. The van der Waals surface area contributed by atoms with Crippen LogP contribution in [-0.4, -0.2) is 19.3 Å². The molecule has 0 spiro atoms. The van der Waals surface area contributed by atoms with Crippen molar-refractivity contribution >= 4 is 11.6 Å². The lowest BCUT2D eigenvalue weighted by Gasteiger charge is -2.13. The fourth-order valence-corrected chi connectivity index (χ4v) is 2.29. The maximum atomic E-state index is 6.05. The maximum Gasteiger partial charge on any atom is 0.125 e. The molecule has 17 heavy (non-hydrogen) atoms. The fraction of sp³-hybridized carbons (Fsp3) is 0.538. The number of nitrogens with two attached hydrogens (primary N) is 1. The maximum absolute atomic E-state index is 6.05. The van der Waals surface area contributed by atoms with Gasteiger partial charge in [0.1, 0.15) is 5.75 Å². The normalized spacial score (nSPS) is 19.5. The van der Waals surface area contributed by atoms with Crippen molar-refractivity contribution in [2.75, 3.05) is 13.2 Å². The Morgan fingerprint density at radius 2 is 2.35 bits per heavy atom. The molecule has 1 heterocycles. The molecule has 0 amide bonds. The molecule has 0 bridgehead atoms. The number of benzene rings is 1. The SMILES string of the molecule is NCc1c(Cl)cccc1OCCC1CCCO1. The van der Waals surface area contributed by atoms with E-state index >= 15 is 0 Å². The average molecular weight is 256 g/mol. The summed E-state index contributed by atoms with van der Waals surface area (Å²) >= 11 is 6.05. The van der Waals surface area contributed by atoms with Gasteiger partial charge in [0.2, 0.25) is 0 Å². The lowest BCUT2D eigenvalue weighted by atomic mass is 10.2. The standard InChI is InChI=1S/C13H18ClNO2/c14-12-4-1-5-13(11(12)9-15)17-8-6-10-3-2-7-16-10/h1,4-5,10H,2-3,6-9,15H2. The third kappa shape index (κ3) is 3.35. The van der Waals surface area contributed by atoms with Gasteiger partial charge >= 0.3 is 0 Å². The van der Waals surface area contributed by atoms with Crippen LogP contribution in [0.2, 0.25) is 5.02 Å². The van der Waals surface area contributed by atoms with Crippen LogP contribution in [0.4, 0.5) is 0 Å². The van der Waals surface area contributed by atoms with Gasteiger partial charge in [0.05, 0.1) is 12.7 Å². The van der Waals surface area contributed by atoms with Gasteiger partial charge in [0, 0.05) is 30.2 Å². The van der Waals surface area contributed by atoms with Gasteiger partial charge in [-0.3, -0.25) is 0 Å². The van der Waals surface area contributed by atoms with E-state index in [0.29, 0.717) is 24.3 Å². The molecule has 0 radical (unpaired) electrons. The molecule has 0 saturated carbocycles. The van der Waals surface area contributed by atoms with Gasteiger partial charge in [-0.05, 0) is 25.0 Å². The van der Waals surface area contributed by atoms with Crippen molar-refractivity contribution in [3.63, 3.8) is 0 Å². The molecule has 1 atom stereocenters. The Kier molecular flexibility index (Phi) is 4.66. The van der Waals surface area contributed by atoms with Crippen LogP contribution < -0.4 is 10.5 Å². The molecule has 2 rings (SSSR count). The quantitative estimate of drug-likeness (QED) is 0.880. The monoisotopic (exact) mass is 255 g/mol. The molecule has 1 saturated heterocycles. The summed E-state index contributed by atoms with van der Waals surface area (Å²) in [5.74, 6) is 0.790. The third-order valence-electron chi connectivity index (χ3n) is 3.00. The highest BCUT2D eigenvalue weighted by Crippen LogP contribution is 2.26. The molecule has 1 fully saturated rings. The Hall–Kier alpha value is -0.770. The van der Waals surface area contributed by atoms with E-state index in [1.54, 1.807) is 0 Å². The highest BCUT2D eigenvalue weighted by molar-refractivity contribution is 6.31. The molecule has 1 aromatic rings. The molecular formula is C13H18ClNO2. The van der Waals surface area contributed by atoms with E-state index in [1.165, 1.54) is 0 Å². The van der Waals surface area contributed by atoms with E-state index in [1.807, 2.05) is 18.2 Å². The molecule has 0 aliphatic carbocycles. The lowest BCUT2D eigenvalue weighted by molar-refractivity contribution is 0.0902. The number of ether oxygens (including phenoxy) is 2. The molecule has 1 aliphatic rings. The summed E-state index contributed by atoms with van der Waals surface area (Å²) in [4.78, 5) is 0. The van der Waals surface area contributed by atoms with E-state index in [4.69, 9.17) is 26.8 Å². The van der Waals surface area contributed by atoms with Crippen LogP contribution in [-0.2, 0) is 11.3 Å². The van der Waals surface area contributed by atoms with Gasteiger partial charge in [-0.1, -0.05) is 17.7 Å². The zero-order valence-electron chi connectivity index (χ0n) is 9.82. The van der Waals surface area contributed by atoms with Crippen LogP contribution in [0.15, 0.2) is 18.2 Å². The fourth-order valence-electron chi connectivity index (χ4n) is 2.04. The summed E-state index contributed by atoms with van der Waals surface area (Å²) < 4.78 is 11.3. The predicted octanol–water partition coefficient (Wildman–Crippen LogP) is 2.75. The van der Waals surface area contributed by atoms with Crippen molar-refractivity contribution in [3.8, 4) is 5.75 Å². The molecule has 2 N–H and O–H groups in total. The molecule has 1 aromatic carbocycles. The third-order valence-corrected chi connectivity index (χ3v) is 3.36. The van der Waals surface area contributed by atoms with E-state index < -0.39 is 0 Å². The summed E-state index contributed by atoms with van der Waals surface area (Å²) in [6.45, 7) is 1.93. The van der Waals surface area contributed by atoms with Gasteiger partial charge in [-0.15, -0.1) is 0 Å². The Labute approximate surface area is 107 Å². The molecule has 1 aliphatic heterocycles. The Morgan fingerprint density at radius 3 is 3.06 bits per heavy atom. The largest absolute Gasteiger partial charge is 0.493 e. The van der Waals surface area contributed by atoms with Crippen molar-refractivity contribution in [2.24, 2.45) is 5.73 Å². The van der Waals surface area contributed by atoms with E-state index in [-0.39, 0.29) is 0 Å². The number of hydrogen-bond donors (Lipinski definition) is 1. The first-order valence-corrected chi connectivity index (χ1v) is 6.41. The van der Waals surface area contributed by atoms with Crippen LogP contribution in [0.1, 0.15) is 24.8 Å². The average Bonchev–Trinajstić information content (AvgIpc) is 2.82. The number of hydrogen-bond acceptors (Lipinski definition) is 3. The van der Waals surface area contributed by atoms with Crippen molar-refractivity contribution in [1.29, 1.82) is 0 Å². The van der Waals surface area contributed by atoms with Crippen LogP contribution in [0.5, 0.6) is 5.75 Å². The summed E-state index contributed by atoms with van der Waals surface area (Å²) in [6.07, 6.45) is 3.59. The zero-order chi connectivity index (χ0) is 12.1. The molecule has 3 nitrogen and oxygen atoms in total. The second-order valence-corrected chi connectivity index (χ2v) is 4.60. The molecule has 4 heteroatoms. The van der Waals surface area contributed by atoms with Crippen LogP contribution in [0, 0.1) is 0 Å². The molecule has 1 unspecified atom stereocenters. The van der Waals surface area contributed by atoms with Crippen molar-refractivity contribution in [1.82, 2.24) is 0 Å². The highest BCUT2D eigenvalue weighted by atomic mass is 35.5. The molecule has 0 aromatic heterocycles. The van der Waals surface area contributed by atoms with Crippen molar-refractivity contribution in [2.45, 2.75) is 31.9 Å².